The van der Waals surface area contributed by atoms with Gasteiger partial charge in [-0.15, -0.1) is 0 Å². The fourth-order valence-corrected chi connectivity index (χ4v) is 3.33. The van der Waals surface area contributed by atoms with Crippen molar-refractivity contribution in [2.45, 2.75) is 25.4 Å². The maximum atomic E-state index is 12.4. The Labute approximate surface area is 163 Å². The number of carbonyl (C=O) groups excluding carboxylic acids is 2. The lowest BCUT2D eigenvalue weighted by Gasteiger charge is -2.28. The number of nitrogens with one attached hydrogen (secondary N) is 2. The Morgan fingerprint density at radius 2 is 2.25 bits per heavy atom. The van der Waals surface area contributed by atoms with Crippen LogP contribution in [0.4, 0.5) is 11.4 Å². The van der Waals surface area contributed by atoms with E-state index >= 15 is 0 Å². The second kappa shape index (κ2) is 7.03. The minimum absolute atomic E-state index is 0.156. The predicted molar refractivity (Wildman–Crippen MR) is 98.5 cm³/mol. The van der Waals surface area contributed by atoms with E-state index in [0.717, 1.165) is 12.8 Å². The van der Waals surface area contributed by atoms with Crippen molar-refractivity contribution < 1.29 is 19.2 Å². The van der Waals surface area contributed by atoms with E-state index in [1.807, 2.05) is 4.57 Å². The number of hydrogen-bond acceptors (Lipinski definition) is 7. The van der Waals surface area contributed by atoms with Gasteiger partial charge >= 0.3 is 0 Å². The number of nitro groups is 1. The summed E-state index contributed by atoms with van der Waals surface area (Å²) in [5, 5.41) is 20.6. The number of anilines is 1. The molecule has 28 heavy (non-hydrogen) atoms. The van der Waals surface area contributed by atoms with Crippen LogP contribution in [0.2, 0.25) is 0 Å². The van der Waals surface area contributed by atoms with Gasteiger partial charge < -0.3 is 10.1 Å². The lowest BCUT2D eigenvalue weighted by atomic mass is 10.2. The molecule has 1 fully saturated rings. The SMILES string of the molecule is O=C(CN1C(=O)COc2ccc([N+](=O)[O-])cc21)NCc1n[nH]c(=S)n1C1CC1. The molecule has 1 aromatic heterocycles. The smallest absolute Gasteiger partial charge is 0.271 e. The molecule has 2 aliphatic rings. The highest BCUT2D eigenvalue weighted by Crippen LogP contribution is 2.36. The number of non-ortho nitro benzene ring substituents is 1. The standard InChI is InChI=1S/C16H16N6O5S/c23-14(17-6-13-18-19-16(28)21(13)9-1-2-9)7-20-11-5-10(22(25)26)3-4-12(11)27-8-15(20)24/h3-5,9H,1-2,6-8H2,(H,17,23)(H,19,28). The van der Waals surface area contributed by atoms with Crippen molar-refractivity contribution in [3.8, 4) is 5.75 Å². The normalized spacial score (nSPS) is 15.7. The number of amides is 2. The fourth-order valence-electron chi connectivity index (χ4n) is 3.03. The zero-order chi connectivity index (χ0) is 19.8. The van der Waals surface area contributed by atoms with Gasteiger partial charge in [-0.3, -0.25) is 34.3 Å². The van der Waals surface area contributed by atoms with Gasteiger partial charge in [0.1, 0.15) is 12.3 Å². The number of benzene rings is 1. The highest BCUT2D eigenvalue weighted by molar-refractivity contribution is 7.71. The van der Waals surface area contributed by atoms with Crippen molar-refractivity contribution in [2.24, 2.45) is 0 Å². The molecule has 12 heteroatoms. The Morgan fingerprint density at radius 1 is 1.46 bits per heavy atom. The number of nitrogens with zero attached hydrogens (tertiary/aromatic N) is 4. The number of carbonyl (C=O) groups is 2. The van der Waals surface area contributed by atoms with Crippen LogP contribution in [0, 0.1) is 14.9 Å². The average Bonchev–Trinajstić information content (AvgIpc) is 3.44. The summed E-state index contributed by atoms with van der Waals surface area (Å²) >= 11 is 5.20. The highest BCUT2D eigenvalue weighted by Gasteiger charge is 2.30. The van der Waals surface area contributed by atoms with Crippen molar-refractivity contribution in [2.75, 3.05) is 18.1 Å². The summed E-state index contributed by atoms with van der Waals surface area (Å²) in [7, 11) is 0. The third-order valence-electron chi connectivity index (χ3n) is 4.53. The number of H-pyrrole nitrogens is 1. The van der Waals surface area contributed by atoms with Gasteiger partial charge in [0.05, 0.1) is 17.2 Å². The molecular formula is C16H16N6O5S. The van der Waals surface area contributed by atoms with Crippen LogP contribution in [-0.2, 0) is 16.1 Å². The second-order valence-electron chi connectivity index (χ2n) is 6.50. The summed E-state index contributed by atoms with van der Waals surface area (Å²) < 4.78 is 7.68. The number of nitro benzene ring substituents is 1. The number of aromatic amines is 1. The number of aromatic nitrogens is 3. The van der Waals surface area contributed by atoms with Crippen LogP contribution >= 0.6 is 12.2 Å². The monoisotopic (exact) mass is 404 g/mol. The molecule has 2 aromatic rings. The zero-order valence-electron chi connectivity index (χ0n) is 14.6. The van der Waals surface area contributed by atoms with E-state index in [1.54, 1.807) is 0 Å². The molecule has 0 radical (unpaired) electrons. The summed E-state index contributed by atoms with van der Waals surface area (Å²) in [6, 6.07) is 4.23. The number of hydrogen-bond donors (Lipinski definition) is 2. The van der Waals surface area contributed by atoms with Crippen LogP contribution in [0.5, 0.6) is 5.75 Å². The second-order valence-corrected chi connectivity index (χ2v) is 6.89. The van der Waals surface area contributed by atoms with Gasteiger partial charge in [-0.1, -0.05) is 0 Å². The van der Waals surface area contributed by atoms with Gasteiger partial charge in [0.15, 0.2) is 17.2 Å². The largest absolute Gasteiger partial charge is 0.482 e. The molecule has 2 heterocycles. The van der Waals surface area contributed by atoms with E-state index < -0.39 is 16.7 Å². The van der Waals surface area contributed by atoms with E-state index in [4.69, 9.17) is 17.0 Å². The Bertz CT molecular complexity index is 1030. The van der Waals surface area contributed by atoms with Crippen LogP contribution < -0.4 is 15.0 Å². The Kier molecular flexibility index (Phi) is 4.55. The van der Waals surface area contributed by atoms with E-state index in [1.165, 1.54) is 23.1 Å². The third kappa shape index (κ3) is 3.45. The topological polar surface area (TPSA) is 135 Å². The third-order valence-corrected chi connectivity index (χ3v) is 4.82. The van der Waals surface area contributed by atoms with Crippen LogP contribution in [0.3, 0.4) is 0 Å². The maximum Gasteiger partial charge on any atom is 0.271 e. The van der Waals surface area contributed by atoms with Crippen molar-refractivity contribution in [1.29, 1.82) is 0 Å². The first-order valence-electron chi connectivity index (χ1n) is 8.58. The Hall–Kier alpha value is -3.28. The molecule has 146 valence electrons. The molecule has 0 spiro atoms. The summed E-state index contributed by atoms with van der Waals surface area (Å²) in [6.45, 7) is -0.369. The Morgan fingerprint density at radius 3 is 2.96 bits per heavy atom. The van der Waals surface area contributed by atoms with E-state index in [-0.39, 0.29) is 31.1 Å². The zero-order valence-corrected chi connectivity index (χ0v) is 15.4. The summed E-state index contributed by atoms with van der Waals surface area (Å²) in [4.78, 5) is 36.2. The lowest BCUT2D eigenvalue weighted by molar-refractivity contribution is -0.384. The molecule has 0 unspecified atom stereocenters. The van der Waals surface area contributed by atoms with Crippen LogP contribution in [0.15, 0.2) is 18.2 Å². The number of ether oxygens (including phenoxy) is 1. The van der Waals surface area contributed by atoms with Crippen LogP contribution in [0.25, 0.3) is 0 Å². The first-order valence-corrected chi connectivity index (χ1v) is 8.99. The molecule has 11 nitrogen and oxygen atoms in total. The molecule has 0 saturated heterocycles. The van der Waals surface area contributed by atoms with Crippen molar-refractivity contribution in [3.63, 3.8) is 0 Å². The van der Waals surface area contributed by atoms with Crippen molar-refractivity contribution >= 4 is 35.4 Å². The van der Waals surface area contributed by atoms with Crippen LogP contribution in [0.1, 0.15) is 24.7 Å². The molecule has 0 bridgehead atoms. The molecule has 1 aliphatic heterocycles. The van der Waals surface area contributed by atoms with Crippen molar-refractivity contribution in [3.05, 3.63) is 38.9 Å². The van der Waals surface area contributed by atoms with Crippen molar-refractivity contribution in [1.82, 2.24) is 20.1 Å². The van der Waals surface area contributed by atoms with Gasteiger partial charge in [0.25, 0.3) is 11.6 Å². The predicted octanol–water partition coefficient (Wildman–Crippen LogP) is 1.23. The Balaban J connectivity index is 1.47. The van der Waals surface area contributed by atoms with Gasteiger partial charge in [-0.25, -0.2) is 0 Å². The number of fused-ring (bicyclic) bond motifs is 1. The molecular weight excluding hydrogens is 388 g/mol. The summed E-state index contributed by atoms with van der Waals surface area (Å²) in [5.74, 6) is 0.0468. The minimum atomic E-state index is -0.571. The molecule has 1 aromatic carbocycles. The number of rotatable bonds is 6. The van der Waals surface area contributed by atoms with Gasteiger partial charge in [-0.05, 0) is 31.1 Å². The van der Waals surface area contributed by atoms with E-state index in [2.05, 4.69) is 15.5 Å². The molecule has 1 saturated carbocycles. The van der Waals surface area contributed by atoms with Gasteiger partial charge in [-0.2, -0.15) is 5.10 Å². The molecule has 2 amide bonds. The minimum Gasteiger partial charge on any atom is -0.482 e. The summed E-state index contributed by atoms with van der Waals surface area (Å²) in [6.07, 6.45) is 2.04. The average molecular weight is 404 g/mol. The maximum absolute atomic E-state index is 12.4. The molecule has 1 aliphatic carbocycles. The summed E-state index contributed by atoms with van der Waals surface area (Å²) in [5.41, 5.74) is 0.00342. The van der Waals surface area contributed by atoms with Crippen LogP contribution in [-0.4, -0.2) is 44.7 Å². The fraction of sp³-hybridized carbons (Fsp3) is 0.375. The molecule has 0 atom stereocenters. The highest BCUT2D eigenvalue weighted by atomic mass is 32.1. The van der Waals surface area contributed by atoms with Gasteiger partial charge in [0, 0.05) is 18.2 Å². The van der Waals surface area contributed by atoms with E-state index in [0.29, 0.717) is 22.4 Å². The molecule has 2 N–H and O–H groups in total. The van der Waals surface area contributed by atoms with Gasteiger partial charge in [0.2, 0.25) is 5.91 Å². The first kappa shape index (κ1) is 18.1. The lowest BCUT2D eigenvalue weighted by Crippen LogP contribution is -2.45. The quantitative estimate of drug-likeness (QED) is 0.420. The van der Waals surface area contributed by atoms with E-state index in [9.17, 15) is 19.7 Å². The molecule has 4 rings (SSSR count). The first-order chi connectivity index (χ1) is 13.4.